The van der Waals surface area contributed by atoms with Crippen molar-refractivity contribution in [2.45, 2.75) is 71.3 Å². The normalized spacial score (nSPS) is 11.6. The fourth-order valence-electron chi connectivity index (χ4n) is 4.99. The van der Waals surface area contributed by atoms with Crippen molar-refractivity contribution in [2.75, 3.05) is 20.3 Å². The molecule has 1 unspecified atom stereocenters. The number of hydrogen-bond acceptors (Lipinski definition) is 6. The molecule has 1 amide bonds. The first-order chi connectivity index (χ1) is 22.4. The van der Waals surface area contributed by atoms with E-state index in [2.05, 4.69) is 22.2 Å². The summed E-state index contributed by atoms with van der Waals surface area (Å²) in [4.78, 5) is 34.5. The number of aromatic nitrogens is 2. The summed E-state index contributed by atoms with van der Waals surface area (Å²) in [6.45, 7) is 4.96. The van der Waals surface area contributed by atoms with Crippen molar-refractivity contribution in [1.29, 1.82) is 0 Å². The number of nitrogens with one attached hydrogen (secondary N) is 2. The highest BCUT2D eigenvalue weighted by molar-refractivity contribution is 6.30. The van der Waals surface area contributed by atoms with E-state index in [1.807, 2.05) is 61.5 Å². The number of carbonyl (C=O) groups excluding carboxylic acids is 2. The minimum absolute atomic E-state index is 0.0875. The molecule has 244 valence electrons. The molecular formula is C37H44ClN3O5. The Bertz CT molecular complexity index is 1550. The number of nitrogens with zero attached hydrogens (tertiary/aromatic N) is 1. The van der Waals surface area contributed by atoms with Crippen LogP contribution in [0.3, 0.4) is 0 Å². The van der Waals surface area contributed by atoms with E-state index < -0.39 is 12.0 Å². The lowest BCUT2D eigenvalue weighted by molar-refractivity contribution is -0.121. The molecule has 4 aromatic rings. The van der Waals surface area contributed by atoms with Gasteiger partial charge in [0.1, 0.15) is 22.9 Å². The molecule has 9 heteroatoms. The van der Waals surface area contributed by atoms with Gasteiger partial charge in [-0.3, -0.25) is 4.79 Å². The second-order valence-electron chi connectivity index (χ2n) is 11.2. The standard InChI is InChI=1S/C37H44ClN3O5/c1-4-6-20-45-34-19-16-28(23-31(34)37(43)46-21-7-5-2)32(24-35-39-25-33(40-35)27-11-9-12-29(38)22-27)41-36(42)13-8-10-26-14-17-30(44-3)18-15-26/h9,11-12,14-19,22-23,25,32H,4-8,10,13,20-21,24H2,1-3H3,(H,39,40)(H,41,42). The van der Waals surface area contributed by atoms with Crippen molar-refractivity contribution in [3.8, 4) is 22.8 Å². The second kappa shape index (κ2) is 18.0. The number of aromatic amines is 1. The molecule has 1 heterocycles. The zero-order chi connectivity index (χ0) is 32.7. The SMILES string of the molecule is CCCCOC(=O)c1cc(C(Cc2ncc(-c3cccc(Cl)c3)[nH]2)NC(=O)CCCc2ccc(OC)cc2)ccc1OCCCC. The predicted molar refractivity (Wildman–Crippen MR) is 182 cm³/mol. The van der Waals surface area contributed by atoms with Gasteiger partial charge in [0.05, 0.1) is 38.3 Å². The number of imidazole rings is 1. The smallest absolute Gasteiger partial charge is 0.341 e. The number of methoxy groups -OCH3 is 1. The van der Waals surface area contributed by atoms with Crippen LogP contribution < -0.4 is 14.8 Å². The van der Waals surface area contributed by atoms with Crippen molar-refractivity contribution in [1.82, 2.24) is 15.3 Å². The number of carbonyl (C=O) groups is 2. The summed E-state index contributed by atoms with van der Waals surface area (Å²) < 4.78 is 16.8. The largest absolute Gasteiger partial charge is 0.497 e. The highest BCUT2D eigenvalue weighted by atomic mass is 35.5. The summed E-state index contributed by atoms with van der Waals surface area (Å²) in [5, 5.41) is 3.83. The molecule has 0 radical (unpaired) electrons. The van der Waals surface area contributed by atoms with Crippen LogP contribution in [0.4, 0.5) is 0 Å². The molecule has 0 aliphatic carbocycles. The molecule has 1 atom stereocenters. The molecule has 0 saturated heterocycles. The molecule has 46 heavy (non-hydrogen) atoms. The molecule has 0 bridgehead atoms. The Hall–Kier alpha value is -4.30. The maximum Gasteiger partial charge on any atom is 0.341 e. The molecule has 2 N–H and O–H groups in total. The monoisotopic (exact) mass is 645 g/mol. The summed E-state index contributed by atoms with van der Waals surface area (Å²) in [5.74, 6) is 1.44. The highest BCUT2D eigenvalue weighted by Crippen LogP contribution is 2.28. The summed E-state index contributed by atoms with van der Waals surface area (Å²) >= 11 is 6.22. The van der Waals surface area contributed by atoms with Crippen LogP contribution in [0.5, 0.6) is 11.5 Å². The number of benzene rings is 3. The quantitative estimate of drug-likeness (QED) is 0.0834. The Labute approximate surface area is 276 Å². The molecular weight excluding hydrogens is 602 g/mol. The Kier molecular flexibility index (Phi) is 13.5. The van der Waals surface area contributed by atoms with Gasteiger partial charge in [0.15, 0.2) is 0 Å². The van der Waals surface area contributed by atoms with Crippen molar-refractivity contribution in [3.63, 3.8) is 0 Å². The average molecular weight is 646 g/mol. The van der Waals surface area contributed by atoms with Crippen LogP contribution in [0.25, 0.3) is 11.3 Å². The highest BCUT2D eigenvalue weighted by Gasteiger charge is 2.22. The minimum atomic E-state index is -0.460. The summed E-state index contributed by atoms with van der Waals surface area (Å²) in [7, 11) is 1.64. The molecule has 8 nitrogen and oxygen atoms in total. The predicted octanol–water partition coefficient (Wildman–Crippen LogP) is 8.30. The minimum Gasteiger partial charge on any atom is -0.497 e. The van der Waals surface area contributed by atoms with Crippen LogP contribution >= 0.6 is 11.6 Å². The van der Waals surface area contributed by atoms with Gasteiger partial charge in [0.2, 0.25) is 5.91 Å². The van der Waals surface area contributed by atoms with E-state index >= 15 is 0 Å². The maximum atomic E-state index is 13.3. The third-order valence-electron chi connectivity index (χ3n) is 7.64. The number of amides is 1. The molecule has 4 rings (SSSR count). The van der Waals surface area contributed by atoms with Crippen molar-refractivity contribution < 1.29 is 23.8 Å². The van der Waals surface area contributed by atoms with E-state index in [4.69, 9.17) is 25.8 Å². The van der Waals surface area contributed by atoms with Gasteiger partial charge in [0, 0.05) is 23.4 Å². The van der Waals surface area contributed by atoms with E-state index in [0.717, 1.165) is 60.2 Å². The molecule has 0 aliphatic heterocycles. The summed E-state index contributed by atoms with van der Waals surface area (Å²) in [5.41, 5.74) is 3.98. The van der Waals surface area contributed by atoms with E-state index in [0.29, 0.717) is 54.6 Å². The first-order valence-electron chi connectivity index (χ1n) is 16.1. The lowest BCUT2D eigenvalue weighted by Gasteiger charge is -2.20. The number of halogens is 1. The third-order valence-corrected chi connectivity index (χ3v) is 7.87. The molecule has 0 spiro atoms. The fraction of sp³-hybridized carbons (Fsp3) is 0.378. The maximum absolute atomic E-state index is 13.3. The van der Waals surface area contributed by atoms with E-state index in [9.17, 15) is 9.59 Å². The number of esters is 1. The van der Waals surface area contributed by atoms with Crippen LogP contribution in [0.2, 0.25) is 5.02 Å². The van der Waals surface area contributed by atoms with Gasteiger partial charge in [-0.25, -0.2) is 9.78 Å². The Morgan fingerprint density at radius 2 is 1.74 bits per heavy atom. The van der Waals surface area contributed by atoms with Crippen LogP contribution in [0.1, 0.15) is 85.7 Å². The van der Waals surface area contributed by atoms with Gasteiger partial charge in [-0.05, 0) is 73.2 Å². The molecule has 1 aromatic heterocycles. The van der Waals surface area contributed by atoms with Crippen LogP contribution in [0.15, 0.2) is 72.9 Å². The first-order valence-corrected chi connectivity index (χ1v) is 16.4. The topological polar surface area (TPSA) is 103 Å². The van der Waals surface area contributed by atoms with Crippen LogP contribution in [-0.2, 0) is 22.4 Å². The van der Waals surface area contributed by atoms with Crippen molar-refractivity contribution in [3.05, 3.63) is 100 Å². The number of hydrogen-bond donors (Lipinski definition) is 2. The number of ether oxygens (including phenoxy) is 3. The first kappa shape index (κ1) is 34.6. The molecule has 0 aliphatic rings. The molecule has 0 saturated carbocycles. The third kappa shape index (κ3) is 10.4. The van der Waals surface area contributed by atoms with Crippen molar-refractivity contribution in [2.24, 2.45) is 0 Å². The van der Waals surface area contributed by atoms with Gasteiger partial charge < -0.3 is 24.5 Å². The van der Waals surface area contributed by atoms with Gasteiger partial charge in [-0.1, -0.05) is 68.6 Å². The number of H-pyrrole nitrogens is 1. The van der Waals surface area contributed by atoms with E-state index in [1.54, 1.807) is 25.4 Å². The van der Waals surface area contributed by atoms with Crippen molar-refractivity contribution >= 4 is 23.5 Å². The number of aryl methyl sites for hydroxylation is 1. The lowest BCUT2D eigenvalue weighted by Crippen LogP contribution is -2.30. The molecule has 0 fully saturated rings. The summed E-state index contributed by atoms with van der Waals surface area (Å²) in [6, 6.07) is 20.4. The van der Waals surface area contributed by atoms with Gasteiger partial charge in [-0.15, -0.1) is 0 Å². The van der Waals surface area contributed by atoms with Gasteiger partial charge >= 0.3 is 5.97 Å². The summed E-state index contributed by atoms with van der Waals surface area (Å²) in [6.07, 6.45) is 7.47. The van der Waals surface area contributed by atoms with Crippen LogP contribution in [-0.4, -0.2) is 42.2 Å². The van der Waals surface area contributed by atoms with E-state index in [-0.39, 0.29) is 5.91 Å². The number of rotatable bonds is 18. The zero-order valence-corrected chi connectivity index (χ0v) is 27.7. The number of unbranched alkanes of at least 4 members (excludes halogenated alkanes) is 2. The van der Waals surface area contributed by atoms with E-state index in [1.165, 1.54) is 0 Å². The average Bonchev–Trinajstić information content (AvgIpc) is 3.54. The second-order valence-corrected chi connectivity index (χ2v) is 11.7. The lowest BCUT2D eigenvalue weighted by atomic mass is 9.99. The zero-order valence-electron chi connectivity index (χ0n) is 26.9. The molecule has 3 aromatic carbocycles. The Balaban J connectivity index is 1.56. The van der Waals surface area contributed by atoms with Crippen LogP contribution in [0, 0.1) is 0 Å². The van der Waals surface area contributed by atoms with Gasteiger partial charge in [0.25, 0.3) is 0 Å². The Morgan fingerprint density at radius 1 is 0.957 bits per heavy atom. The fourth-order valence-corrected chi connectivity index (χ4v) is 5.18. The Morgan fingerprint density at radius 3 is 2.48 bits per heavy atom. The van der Waals surface area contributed by atoms with Gasteiger partial charge in [-0.2, -0.15) is 0 Å².